The first kappa shape index (κ1) is 23.8. The highest BCUT2D eigenvalue weighted by Crippen LogP contribution is 2.37. The molecule has 2 atom stereocenters. The molecule has 1 aliphatic rings. The van der Waals surface area contributed by atoms with Crippen LogP contribution in [0, 0.1) is 5.92 Å². The number of carbonyl (C=O) groups excluding carboxylic acids is 2. The Labute approximate surface area is 200 Å². The number of rotatable bonds is 5. The third-order valence-electron chi connectivity index (χ3n) is 6.00. The summed E-state index contributed by atoms with van der Waals surface area (Å²) in [4.78, 5) is 27.8. The van der Waals surface area contributed by atoms with E-state index < -0.39 is 23.6 Å². The maximum absolute atomic E-state index is 13.3. The molecule has 3 aromatic rings. The molecule has 1 heterocycles. The number of halogens is 4. The molecule has 4 rings (SSSR count). The van der Waals surface area contributed by atoms with E-state index in [0.29, 0.717) is 5.56 Å². The topological polar surface area (TPSA) is 49.4 Å². The van der Waals surface area contributed by atoms with Crippen molar-refractivity contribution in [1.82, 2.24) is 10.2 Å². The minimum absolute atomic E-state index is 0.0750. The van der Waals surface area contributed by atoms with Crippen molar-refractivity contribution in [2.75, 3.05) is 13.1 Å². The predicted octanol–water partition coefficient (Wildman–Crippen LogP) is 5.53. The SMILES string of the molecule is O=C(NCc1ccccc1)[C@@H]1CN(C(=O)c2ccccc2Cl)C[C@@H]1c1cccc(C(F)(F)F)c1. The molecule has 0 bridgehead atoms. The fraction of sp³-hybridized carbons (Fsp3) is 0.231. The van der Waals surface area contributed by atoms with E-state index in [1.165, 1.54) is 11.0 Å². The average Bonchev–Trinajstić information content (AvgIpc) is 3.28. The number of hydrogen-bond acceptors (Lipinski definition) is 2. The number of nitrogens with zero attached hydrogens (tertiary/aromatic N) is 1. The second-order valence-electron chi connectivity index (χ2n) is 8.23. The number of hydrogen-bond donors (Lipinski definition) is 1. The van der Waals surface area contributed by atoms with Crippen LogP contribution >= 0.6 is 11.6 Å². The van der Waals surface area contributed by atoms with Crippen LogP contribution in [0.1, 0.15) is 33.0 Å². The summed E-state index contributed by atoms with van der Waals surface area (Å²) in [5.74, 6) is -1.98. The number of carbonyl (C=O) groups is 2. The van der Waals surface area contributed by atoms with Gasteiger partial charge in [0.25, 0.3) is 5.91 Å². The molecule has 0 aliphatic carbocycles. The summed E-state index contributed by atoms with van der Waals surface area (Å²) in [6, 6.07) is 20.8. The first-order chi connectivity index (χ1) is 16.2. The molecule has 0 radical (unpaired) electrons. The van der Waals surface area contributed by atoms with Crippen molar-refractivity contribution in [2.24, 2.45) is 5.92 Å². The maximum Gasteiger partial charge on any atom is 0.416 e. The molecule has 1 aliphatic heterocycles. The van der Waals surface area contributed by atoms with Gasteiger partial charge in [0.2, 0.25) is 5.91 Å². The van der Waals surface area contributed by atoms with Crippen molar-refractivity contribution in [3.63, 3.8) is 0 Å². The fourth-order valence-electron chi connectivity index (χ4n) is 4.24. The molecule has 4 nitrogen and oxygen atoms in total. The van der Waals surface area contributed by atoms with Gasteiger partial charge in [-0.25, -0.2) is 0 Å². The quantitative estimate of drug-likeness (QED) is 0.515. The summed E-state index contributed by atoms with van der Waals surface area (Å²) in [5, 5.41) is 3.15. The van der Waals surface area contributed by atoms with E-state index in [0.717, 1.165) is 17.7 Å². The van der Waals surface area contributed by atoms with Crippen LogP contribution in [0.15, 0.2) is 78.9 Å². The summed E-state index contributed by atoms with van der Waals surface area (Å²) in [7, 11) is 0. The zero-order valence-corrected chi connectivity index (χ0v) is 18.8. The van der Waals surface area contributed by atoms with Gasteiger partial charge in [-0.3, -0.25) is 9.59 Å². The van der Waals surface area contributed by atoms with E-state index in [9.17, 15) is 22.8 Å². The van der Waals surface area contributed by atoms with E-state index in [4.69, 9.17) is 11.6 Å². The van der Waals surface area contributed by atoms with Gasteiger partial charge in [0.05, 0.1) is 22.1 Å². The Hall–Kier alpha value is -3.32. The van der Waals surface area contributed by atoms with E-state index in [2.05, 4.69) is 5.32 Å². The third-order valence-corrected chi connectivity index (χ3v) is 6.33. The van der Waals surface area contributed by atoms with Crippen LogP contribution in [0.3, 0.4) is 0 Å². The van der Waals surface area contributed by atoms with E-state index in [-0.39, 0.29) is 42.0 Å². The molecule has 1 N–H and O–H groups in total. The zero-order valence-electron chi connectivity index (χ0n) is 18.1. The van der Waals surface area contributed by atoms with Crippen LogP contribution in [0.25, 0.3) is 0 Å². The normalized spacial score (nSPS) is 18.1. The Morgan fingerprint density at radius 1 is 0.941 bits per heavy atom. The molecule has 8 heteroatoms. The van der Waals surface area contributed by atoms with Crippen LogP contribution in [0.2, 0.25) is 5.02 Å². The summed E-state index contributed by atoms with van der Waals surface area (Å²) in [6.45, 7) is 0.463. The molecular weight excluding hydrogens is 465 g/mol. The van der Waals surface area contributed by atoms with Crippen LogP contribution in [-0.4, -0.2) is 29.8 Å². The van der Waals surface area contributed by atoms with Gasteiger partial charge in [-0.2, -0.15) is 13.2 Å². The summed E-state index contributed by atoms with van der Waals surface area (Å²) in [5.41, 5.74) is 0.763. The lowest BCUT2D eigenvalue weighted by Gasteiger charge is -2.19. The Kier molecular flexibility index (Phi) is 6.93. The minimum atomic E-state index is -4.51. The van der Waals surface area contributed by atoms with E-state index >= 15 is 0 Å². The summed E-state index contributed by atoms with van der Waals surface area (Å²) >= 11 is 6.19. The third kappa shape index (κ3) is 5.25. The van der Waals surface area contributed by atoms with Gasteiger partial charge in [-0.1, -0.05) is 72.3 Å². The summed E-state index contributed by atoms with van der Waals surface area (Å²) < 4.78 is 40.0. The lowest BCUT2D eigenvalue weighted by Crippen LogP contribution is -2.35. The number of amides is 2. The Balaban J connectivity index is 1.61. The molecule has 2 amide bonds. The second-order valence-corrected chi connectivity index (χ2v) is 8.64. The van der Waals surface area contributed by atoms with Gasteiger partial charge in [0, 0.05) is 25.6 Å². The standard InChI is InChI=1S/C26H22ClF3N2O2/c27-23-12-5-4-11-20(23)25(34)32-15-21(18-9-6-10-19(13-18)26(28,29)30)22(16-32)24(33)31-14-17-7-2-1-3-8-17/h1-13,21-22H,14-16H2,(H,31,33)/t21-,22-/m1/s1. The largest absolute Gasteiger partial charge is 0.416 e. The summed E-state index contributed by atoms with van der Waals surface area (Å²) in [6.07, 6.45) is -4.51. The molecule has 176 valence electrons. The number of alkyl halides is 3. The van der Waals surface area contributed by atoms with Gasteiger partial charge in [-0.15, -0.1) is 0 Å². The van der Waals surface area contributed by atoms with Gasteiger partial charge in [-0.05, 0) is 29.3 Å². The van der Waals surface area contributed by atoms with Crippen molar-refractivity contribution in [1.29, 1.82) is 0 Å². The maximum atomic E-state index is 13.3. The molecule has 0 spiro atoms. The van der Waals surface area contributed by atoms with Gasteiger partial charge in [0.15, 0.2) is 0 Å². The van der Waals surface area contributed by atoms with E-state index in [1.54, 1.807) is 30.3 Å². The van der Waals surface area contributed by atoms with E-state index in [1.807, 2.05) is 30.3 Å². The fourth-order valence-corrected chi connectivity index (χ4v) is 4.46. The van der Waals surface area contributed by atoms with Crippen LogP contribution in [-0.2, 0) is 17.5 Å². The average molecular weight is 487 g/mol. The first-order valence-corrected chi connectivity index (χ1v) is 11.1. The van der Waals surface area contributed by atoms with Crippen molar-refractivity contribution < 1.29 is 22.8 Å². The number of likely N-dealkylation sites (tertiary alicyclic amines) is 1. The Morgan fingerprint density at radius 2 is 1.65 bits per heavy atom. The van der Waals surface area contributed by atoms with Gasteiger partial charge in [0.1, 0.15) is 0 Å². The smallest absolute Gasteiger partial charge is 0.352 e. The second kappa shape index (κ2) is 9.89. The van der Waals surface area contributed by atoms with Crippen molar-refractivity contribution in [3.05, 3.63) is 106 Å². The van der Waals surface area contributed by atoms with Crippen LogP contribution in [0.4, 0.5) is 13.2 Å². The Bertz CT molecular complexity index is 1180. The highest BCUT2D eigenvalue weighted by atomic mass is 35.5. The highest BCUT2D eigenvalue weighted by Gasteiger charge is 2.41. The Morgan fingerprint density at radius 3 is 2.35 bits per heavy atom. The minimum Gasteiger partial charge on any atom is -0.352 e. The molecule has 34 heavy (non-hydrogen) atoms. The van der Waals surface area contributed by atoms with Crippen molar-refractivity contribution >= 4 is 23.4 Å². The molecular formula is C26H22ClF3N2O2. The molecule has 0 saturated carbocycles. The zero-order chi connectivity index (χ0) is 24.3. The molecule has 3 aromatic carbocycles. The van der Waals surface area contributed by atoms with Gasteiger partial charge < -0.3 is 10.2 Å². The molecule has 1 fully saturated rings. The number of nitrogens with one attached hydrogen (secondary N) is 1. The molecule has 0 unspecified atom stereocenters. The van der Waals surface area contributed by atoms with Crippen LogP contribution in [0.5, 0.6) is 0 Å². The lowest BCUT2D eigenvalue weighted by molar-refractivity contribution is -0.137. The number of benzene rings is 3. The molecule has 0 aromatic heterocycles. The lowest BCUT2D eigenvalue weighted by atomic mass is 9.87. The van der Waals surface area contributed by atoms with Gasteiger partial charge >= 0.3 is 6.18 Å². The monoisotopic (exact) mass is 486 g/mol. The van der Waals surface area contributed by atoms with Crippen molar-refractivity contribution in [3.8, 4) is 0 Å². The highest BCUT2D eigenvalue weighted by molar-refractivity contribution is 6.33. The first-order valence-electron chi connectivity index (χ1n) is 10.8. The van der Waals surface area contributed by atoms with Crippen LogP contribution < -0.4 is 5.32 Å². The van der Waals surface area contributed by atoms with Crippen molar-refractivity contribution in [2.45, 2.75) is 18.6 Å². The molecule has 1 saturated heterocycles. The predicted molar refractivity (Wildman–Crippen MR) is 123 cm³/mol.